The van der Waals surface area contributed by atoms with Crippen molar-refractivity contribution in [3.05, 3.63) is 82.4 Å². The van der Waals surface area contributed by atoms with E-state index in [1.54, 1.807) is 29.1 Å². The molecule has 0 aliphatic rings. The van der Waals surface area contributed by atoms with Crippen molar-refractivity contribution in [1.29, 1.82) is 0 Å². The molecule has 0 saturated carbocycles. The highest BCUT2D eigenvalue weighted by molar-refractivity contribution is 5.83. The van der Waals surface area contributed by atoms with Crippen molar-refractivity contribution in [3.63, 3.8) is 0 Å². The molecule has 0 aliphatic heterocycles. The molecule has 4 heterocycles. The molecule has 148 valence electrons. The zero-order valence-electron chi connectivity index (χ0n) is 15.1. The lowest BCUT2D eigenvalue weighted by atomic mass is 10.1. The van der Waals surface area contributed by atoms with Crippen LogP contribution in [0.5, 0.6) is 0 Å². The van der Waals surface area contributed by atoms with Gasteiger partial charge in [-0.05, 0) is 24.3 Å². The van der Waals surface area contributed by atoms with Crippen LogP contribution in [-0.2, 0) is 6.54 Å². The van der Waals surface area contributed by atoms with Crippen LogP contribution in [0.15, 0.2) is 53.8 Å². The number of aromatic amines is 1. The summed E-state index contributed by atoms with van der Waals surface area (Å²) in [5.74, 6) is -3.12. The van der Waals surface area contributed by atoms with Crippen LogP contribution >= 0.6 is 0 Å². The fourth-order valence-electron chi connectivity index (χ4n) is 3.38. The Morgan fingerprint density at radius 1 is 1.00 bits per heavy atom. The number of nitrogens with zero attached hydrogens (tertiary/aromatic N) is 5. The molecule has 0 saturated heterocycles. The maximum absolute atomic E-state index is 14.8. The Morgan fingerprint density at radius 3 is 2.63 bits per heavy atom. The maximum Gasteiger partial charge on any atom is 0.284 e. The SMILES string of the molecule is O=c1[nH]c2c(F)c(F)ccc2c(Cn2c(-c3cccnc3)nc3nccnc32)c1F. The summed E-state index contributed by atoms with van der Waals surface area (Å²) in [6.07, 6.45) is 6.08. The van der Waals surface area contributed by atoms with Gasteiger partial charge in [0.2, 0.25) is 0 Å². The van der Waals surface area contributed by atoms with E-state index >= 15 is 0 Å². The molecule has 0 unspecified atom stereocenters. The summed E-state index contributed by atoms with van der Waals surface area (Å²) in [6, 6.07) is 5.57. The highest BCUT2D eigenvalue weighted by atomic mass is 19.2. The molecule has 7 nitrogen and oxygen atoms in total. The molecule has 0 atom stereocenters. The van der Waals surface area contributed by atoms with E-state index in [0.29, 0.717) is 22.7 Å². The van der Waals surface area contributed by atoms with Crippen LogP contribution in [0.25, 0.3) is 33.6 Å². The average Bonchev–Trinajstić information content (AvgIpc) is 3.13. The van der Waals surface area contributed by atoms with Gasteiger partial charge in [-0.15, -0.1) is 0 Å². The smallest absolute Gasteiger partial charge is 0.284 e. The van der Waals surface area contributed by atoms with Crippen molar-refractivity contribution in [1.82, 2.24) is 29.5 Å². The highest BCUT2D eigenvalue weighted by Gasteiger charge is 2.21. The van der Waals surface area contributed by atoms with Crippen molar-refractivity contribution in [2.24, 2.45) is 0 Å². The summed E-state index contributed by atoms with van der Waals surface area (Å²) in [4.78, 5) is 31.1. The third-order valence-corrected chi connectivity index (χ3v) is 4.74. The number of nitrogens with one attached hydrogen (secondary N) is 1. The third kappa shape index (κ3) is 2.72. The second-order valence-electron chi connectivity index (χ2n) is 6.50. The van der Waals surface area contributed by atoms with Crippen LogP contribution in [0.3, 0.4) is 0 Å². The molecule has 0 spiro atoms. The zero-order chi connectivity index (χ0) is 20.8. The monoisotopic (exact) mass is 408 g/mol. The van der Waals surface area contributed by atoms with Gasteiger partial charge in [0.05, 0.1) is 12.1 Å². The second-order valence-corrected chi connectivity index (χ2v) is 6.50. The summed E-state index contributed by atoms with van der Waals surface area (Å²) >= 11 is 0. The molecule has 4 aromatic heterocycles. The van der Waals surface area contributed by atoms with E-state index in [1.807, 2.05) is 0 Å². The van der Waals surface area contributed by atoms with E-state index in [9.17, 15) is 18.0 Å². The number of hydrogen-bond acceptors (Lipinski definition) is 5. The lowest BCUT2D eigenvalue weighted by Gasteiger charge is -2.12. The Bertz CT molecular complexity index is 1480. The van der Waals surface area contributed by atoms with Crippen molar-refractivity contribution in [3.8, 4) is 11.4 Å². The Labute approximate surface area is 165 Å². The fraction of sp³-hybridized carbons (Fsp3) is 0.0500. The van der Waals surface area contributed by atoms with E-state index in [2.05, 4.69) is 24.9 Å². The van der Waals surface area contributed by atoms with E-state index in [-0.39, 0.29) is 17.5 Å². The predicted molar refractivity (Wildman–Crippen MR) is 102 cm³/mol. The highest BCUT2D eigenvalue weighted by Crippen LogP contribution is 2.27. The molecule has 0 radical (unpaired) electrons. The van der Waals surface area contributed by atoms with Crippen LogP contribution in [0, 0.1) is 17.5 Å². The second kappa shape index (κ2) is 6.76. The first-order valence-corrected chi connectivity index (χ1v) is 8.80. The van der Waals surface area contributed by atoms with E-state index in [4.69, 9.17) is 0 Å². The van der Waals surface area contributed by atoms with Crippen LogP contribution in [0.1, 0.15) is 5.56 Å². The first-order valence-electron chi connectivity index (χ1n) is 8.80. The number of hydrogen-bond donors (Lipinski definition) is 1. The first-order chi connectivity index (χ1) is 14.5. The summed E-state index contributed by atoms with van der Waals surface area (Å²) < 4.78 is 44.3. The van der Waals surface area contributed by atoms with E-state index in [0.717, 1.165) is 6.07 Å². The van der Waals surface area contributed by atoms with Crippen LogP contribution in [-0.4, -0.2) is 29.5 Å². The van der Waals surface area contributed by atoms with Gasteiger partial charge in [0.15, 0.2) is 28.7 Å². The van der Waals surface area contributed by atoms with E-state index in [1.165, 1.54) is 18.5 Å². The number of aromatic nitrogens is 6. The van der Waals surface area contributed by atoms with Gasteiger partial charge in [-0.3, -0.25) is 9.78 Å². The van der Waals surface area contributed by atoms with Gasteiger partial charge in [0, 0.05) is 41.3 Å². The van der Waals surface area contributed by atoms with Gasteiger partial charge in [-0.2, -0.15) is 0 Å². The predicted octanol–water partition coefficient (Wildman–Crippen LogP) is 3.20. The molecule has 0 fully saturated rings. The Morgan fingerprint density at radius 2 is 1.83 bits per heavy atom. The molecule has 1 N–H and O–H groups in total. The minimum atomic E-state index is -1.26. The van der Waals surface area contributed by atoms with Gasteiger partial charge in [0.1, 0.15) is 5.82 Å². The number of benzene rings is 1. The number of fused-ring (bicyclic) bond motifs is 2. The molecule has 10 heteroatoms. The van der Waals surface area contributed by atoms with Crippen LogP contribution < -0.4 is 5.56 Å². The molecular weight excluding hydrogens is 397 g/mol. The molecule has 0 bridgehead atoms. The lowest BCUT2D eigenvalue weighted by molar-refractivity contribution is 0.514. The van der Waals surface area contributed by atoms with Gasteiger partial charge >= 0.3 is 0 Å². The minimum absolute atomic E-state index is 0.0360. The quantitative estimate of drug-likeness (QED) is 0.495. The molecule has 0 aliphatic carbocycles. The number of pyridine rings is 2. The van der Waals surface area contributed by atoms with Crippen LogP contribution in [0.4, 0.5) is 13.2 Å². The topological polar surface area (TPSA) is 89.4 Å². The largest absolute Gasteiger partial charge is 0.317 e. The number of rotatable bonds is 3. The average molecular weight is 408 g/mol. The molecule has 1 aromatic carbocycles. The fourth-order valence-corrected chi connectivity index (χ4v) is 3.38. The number of halogens is 3. The summed E-state index contributed by atoms with van der Waals surface area (Å²) in [6.45, 7) is -0.212. The number of H-pyrrole nitrogens is 1. The van der Waals surface area contributed by atoms with Crippen molar-refractivity contribution >= 4 is 22.2 Å². The molecule has 0 amide bonds. The Balaban J connectivity index is 1.80. The minimum Gasteiger partial charge on any atom is -0.317 e. The van der Waals surface area contributed by atoms with Crippen molar-refractivity contribution in [2.75, 3.05) is 0 Å². The summed E-state index contributed by atoms with van der Waals surface area (Å²) in [7, 11) is 0. The first kappa shape index (κ1) is 18.0. The van der Waals surface area contributed by atoms with Crippen molar-refractivity contribution < 1.29 is 13.2 Å². The van der Waals surface area contributed by atoms with Gasteiger partial charge < -0.3 is 9.55 Å². The van der Waals surface area contributed by atoms with Crippen molar-refractivity contribution in [2.45, 2.75) is 6.54 Å². The van der Waals surface area contributed by atoms with Crippen LogP contribution in [0.2, 0.25) is 0 Å². The normalized spacial score (nSPS) is 11.4. The molecule has 30 heavy (non-hydrogen) atoms. The number of imidazole rings is 1. The van der Waals surface area contributed by atoms with Gasteiger partial charge in [-0.1, -0.05) is 0 Å². The standard InChI is InChI=1S/C20H11F3N6O/c21-13-4-3-11-12(14(22)20(30)27-16(11)15(13)23)9-29-18(10-2-1-5-24-8-10)28-17-19(29)26-7-6-25-17/h1-8H,9H2,(H,27,30). The lowest BCUT2D eigenvalue weighted by Crippen LogP contribution is -2.17. The summed E-state index contributed by atoms with van der Waals surface area (Å²) in [5, 5.41) is 0.0360. The zero-order valence-corrected chi connectivity index (χ0v) is 15.1. The van der Waals surface area contributed by atoms with Gasteiger partial charge in [-0.25, -0.2) is 28.1 Å². The third-order valence-electron chi connectivity index (χ3n) is 4.74. The molecule has 5 aromatic rings. The molecule has 5 rings (SSSR count). The Kier molecular flexibility index (Phi) is 4.05. The van der Waals surface area contributed by atoms with E-state index < -0.39 is 28.5 Å². The Hall–Kier alpha value is -4.08. The molecular formula is C20H11F3N6O. The maximum atomic E-state index is 14.8. The summed E-state index contributed by atoms with van der Waals surface area (Å²) in [5.41, 5.74) is -0.419. The van der Waals surface area contributed by atoms with Gasteiger partial charge in [0.25, 0.3) is 5.56 Å².